The van der Waals surface area contributed by atoms with Gasteiger partial charge in [0.2, 0.25) is 0 Å². The third-order valence-corrected chi connectivity index (χ3v) is 18.4. The molecule has 2 aliphatic rings. The molecule has 0 spiro atoms. The standard InChI is InChI=1S/C34H35F2NP2/c1-38(31(26-14-5-3-6-15-26)24-25-32(38)27-16-7-4-8-17-27)37(28-18-13-19-28)39(2,33-22-11-9-20-29(33)35)34-23-12-10-21-30(34)36/h3-12,14-17,20-23,28,31-32H,1-2,13,18-19,24-25H2/t31-,32-/m0/s1. The van der Waals surface area contributed by atoms with E-state index in [2.05, 4.69) is 65.1 Å². The second-order valence-electron chi connectivity index (χ2n) is 10.9. The molecule has 0 aromatic heterocycles. The highest BCUT2D eigenvalue weighted by Gasteiger charge is 2.64. The summed E-state index contributed by atoms with van der Waals surface area (Å²) in [5, 5.41) is 1.05. The zero-order valence-electron chi connectivity index (χ0n) is 22.2. The predicted octanol–water partition coefficient (Wildman–Crippen LogP) is 9.49. The Morgan fingerprint density at radius 1 is 0.615 bits per heavy atom. The maximum absolute atomic E-state index is 15.9. The lowest BCUT2D eigenvalue weighted by Crippen LogP contribution is -2.46. The van der Waals surface area contributed by atoms with E-state index in [0.717, 1.165) is 32.1 Å². The quantitative estimate of drug-likeness (QED) is 0.162. The van der Waals surface area contributed by atoms with Crippen LogP contribution >= 0.6 is 14.8 Å². The van der Waals surface area contributed by atoms with E-state index < -0.39 is 14.8 Å². The van der Waals surface area contributed by atoms with Gasteiger partial charge in [0, 0.05) is 7.41 Å². The van der Waals surface area contributed by atoms with E-state index >= 15 is 8.78 Å². The van der Waals surface area contributed by atoms with Crippen molar-refractivity contribution in [2.24, 2.45) is 0 Å². The summed E-state index contributed by atoms with van der Waals surface area (Å²) in [6.45, 7) is 10.2. The van der Waals surface area contributed by atoms with Crippen molar-refractivity contribution >= 4 is 25.4 Å². The van der Waals surface area contributed by atoms with Gasteiger partial charge >= 0.3 is 0 Å². The Kier molecular flexibility index (Phi) is 7.45. The van der Waals surface area contributed by atoms with Gasteiger partial charge in [-0.05, 0) is 67.5 Å². The second-order valence-corrected chi connectivity index (χ2v) is 17.6. The topological polar surface area (TPSA) is 3.24 Å². The van der Waals surface area contributed by atoms with Crippen molar-refractivity contribution in [3.05, 3.63) is 145 Å². The minimum absolute atomic E-state index is 0.191. The van der Waals surface area contributed by atoms with Gasteiger partial charge in [0.05, 0.1) is 24.8 Å². The molecule has 1 heterocycles. The van der Waals surface area contributed by atoms with Crippen LogP contribution < -0.4 is 10.6 Å². The van der Waals surface area contributed by atoms with Crippen LogP contribution in [0.15, 0.2) is 109 Å². The molecule has 4 aromatic carbocycles. The maximum Gasteiger partial charge on any atom is 0.164 e. The highest BCUT2D eigenvalue weighted by Crippen LogP contribution is 2.92. The Morgan fingerprint density at radius 3 is 1.41 bits per heavy atom. The Labute approximate surface area is 233 Å². The van der Waals surface area contributed by atoms with Crippen LogP contribution in [0.4, 0.5) is 8.78 Å². The number of rotatable bonds is 7. The Balaban J connectivity index is 1.65. The minimum Gasteiger partial charge on any atom is -0.203 e. The SMILES string of the molecule is [CH2-][P+](c1ccccc1F)(c1ccccc1F)N(C1CCC1)[P+]1([CH2-])[C@H](c2ccccc2)CC[C@H]1c1ccccc1. The summed E-state index contributed by atoms with van der Waals surface area (Å²) in [5.41, 5.74) is 2.95. The fourth-order valence-corrected chi connectivity index (χ4v) is 17.8. The van der Waals surface area contributed by atoms with Gasteiger partial charge in [0.15, 0.2) is 11.6 Å². The molecule has 0 N–H and O–H groups in total. The van der Waals surface area contributed by atoms with Crippen LogP contribution in [-0.4, -0.2) is 10.5 Å². The third kappa shape index (κ3) is 4.48. The van der Waals surface area contributed by atoms with Gasteiger partial charge in [-0.1, -0.05) is 84.9 Å². The number of nitrogens with zero attached hydrogens (tertiary/aromatic N) is 1. The Hall–Kier alpha value is -2.44. The second kappa shape index (κ2) is 10.9. The van der Waals surface area contributed by atoms with Gasteiger partial charge in [-0.2, -0.15) is 6.66 Å². The average molecular weight is 558 g/mol. The number of hydrogen-bond acceptors (Lipinski definition) is 1. The third-order valence-electron chi connectivity index (χ3n) is 8.80. The molecule has 5 heteroatoms. The summed E-state index contributed by atoms with van der Waals surface area (Å²) in [6, 6.07) is 35.4. The van der Waals surface area contributed by atoms with Gasteiger partial charge < -0.3 is 0 Å². The first-order valence-corrected chi connectivity index (χ1v) is 17.8. The fraction of sp³-hybridized carbons (Fsp3) is 0.235. The van der Waals surface area contributed by atoms with Crippen molar-refractivity contribution in [2.75, 3.05) is 0 Å². The normalized spacial score (nSPS) is 21.2. The molecule has 1 saturated heterocycles. The van der Waals surface area contributed by atoms with Crippen molar-refractivity contribution in [3.63, 3.8) is 0 Å². The first-order chi connectivity index (χ1) is 19.0. The number of hydrogen-bond donors (Lipinski definition) is 0. The van der Waals surface area contributed by atoms with Crippen LogP contribution in [0, 0.1) is 25.0 Å². The predicted molar refractivity (Wildman–Crippen MR) is 164 cm³/mol. The molecule has 2 atom stereocenters. The van der Waals surface area contributed by atoms with E-state index in [-0.39, 0.29) is 29.0 Å². The van der Waals surface area contributed by atoms with Gasteiger partial charge in [0.1, 0.15) is 10.6 Å². The van der Waals surface area contributed by atoms with Gasteiger partial charge in [-0.3, -0.25) is 0 Å². The molecule has 1 aliphatic heterocycles. The molecule has 1 saturated carbocycles. The number of halogens is 2. The van der Waals surface area contributed by atoms with Crippen LogP contribution in [0.2, 0.25) is 0 Å². The van der Waals surface area contributed by atoms with Crippen LogP contribution in [0.5, 0.6) is 0 Å². The van der Waals surface area contributed by atoms with Crippen LogP contribution in [0.1, 0.15) is 54.5 Å². The molecule has 2 fully saturated rings. The highest BCUT2D eigenvalue weighted by atomic mass is 31.2. The summed E-state index contributed by atoms with van der Waals surface area (Å²) < 4.78 is 34.4. The van der Waals surface area contributed by atoms with Crippen molar-refractivity contribution in [2.45, 2.75) is 49.5 Å². The average Bonchev–Trinajstić information content (AvgIpc) is 3.29. The first-order valence-electron chi connectivity index (χ1n) is 13.8. The van der Waals surface area contributed by atoms with Crippen molar-refractivity contribution < 1.29 is 8.78 Å². The van der Waals surface area contributed by atoms with Crippen LogP contribution in [0.25, 0.3) is 0 Å². The van der Waals surface area contributed by atoms with Crippen LogP contribution in [-0.2, 0) is 0 Å². The summed E-state index contributed by atoms with van der Waals surface area (Å²) in [4.78, 5) is 0. The smallest absolute Gasteiger partial charge is 0.164 e. The van der Waals surface area contributed by atoms with E-state index in [4.69, 9.17) is 13.3 Å². The minimum atomic E-state index is -2.99. The fourth-order valence-electron chi connectivity index (χ4n) is 6.80. The monoisotopic (exact) mass is 557 g/mol. The lowest BCUT2D eigenvalue weighted by Gasteiger charge is -2.55. The summed E-state index contributed by atoms with van der Waals surface area (Å²) >= 11 is 0. The highest BCUT2D eigenvalue weighted by molar-refractivity contribution is 7.97. The van der Waals surface area contributed by atoms with Gasteiger partial charge in [-0.15, -0.1) is 11.1 Å². The lowest BCUT2D eigenvalue weighted by atomic mass is 9.94. The molecule has 1 aliphatic carbocycles. The molecule has 200 valence electrons. The molecule has 39 heavy (non-hydrogen) atoms. The first kappa shape index (κ1) is 26.8. The van der Waals surface area contributed by atoms with Crippen molar-refractivity contribution in [3.8, 4) is 0 Å². The van der Waals surface area contributed by atoms with E-state index in [1.54, 1.807) is 12.1 Å². The Morgan fingerprint density at radius 2 is 1.03 bits per heavy atom. The lowest BCUT2D eigenvalue weighted by molar-refractivity contribution is 0.309. The molecular weight excluding hydrogens is 522 g/mol. The van der Waals surface area contributed by atoms with Crippen molar-refractivity contribution in [1.29, 1.82) is 0 Å². The molecule has 0 radical (unpaired) electrons. The van der Waals surface area contributed by atoms with E-state index in [0.29, 0.717) is 10.6 Å². The molecule has 4 aromatic rings. The van der Waals surface area contributed by atoms with E-state index in [1.807, 2.05) is 24.3 Å². The summed E-state index contributed by atoms with van der Waals surface area (Å²) in [7, 11) is -5.36. The molecule has 0 unspecified atom stereocenters. The summed E-state index contributed by atoms with van der Waals surface area (Å²) in [5.74, 6) is -0.626. The summed E-state index contributed by atoms with van der Waals surface area (Å²) in [6.07, 6.45) is 5.11. The van der Waals surface area contributed by atoms with Crippen molar-refractivity contribution in [1.82, 2.24) is 4.44 Å². The molecule has 1 nitrogen and oxygen atoms in total. The van der Waals surface area contributed by atoms with Crippen LogP contribution in [0.3, 0.4) is 0 Å². The molecule has 0 amide bonds. The molecular formula is C34H35F2NP2. The maximum atomic E-state index is 15.9. The zero-order valence-corrected chi connectivity index (χ0v) is 24.0. The Bertz CT molecular complexity index is 1330. The largest absolute Gasteiger partial charge is 0.203 e. The van der Waals surface area contributed by atoms with Gasteiger partial charge in [-0.25, -0.2) is 8.78 Å². The zero-order chi connectivity index (χ0) is 27.0. The van der Waals surface area contributed by atoms with E-state index in [9.17, 15) is 0 Å². The van der Waals surface area contributed by atoms with Gasteiger partial charge in [0.25, 0.3) is 0 Å². The van der Waals surface area contributed by atoms with E-state index in [1.165, 1.54) is 23.3 Å². The number of benzene rings is 4. The molecule has 0 bridgehead atoms. The molecule has 6 rings (SSSR count).